The van der Waals surface area contributed by atoms with Gasteiger partial charge in [-0.2, -0.15) is 5.10 Å². The van der Waals surface area contributed by atoms with E-state index >= 15 is 0 Å². The number of nitrogens with zero attached hydrogens (tertiary/aromatic N) is 1. The minimum atomic E-state index is 0.691. The van der Waals surface area contributed by atoms with Crippen LogP contribution in [0.2, 0.25) is 0 Å². The first kappa shape index (κ1) is 10.7. The third-order valence-corrected chi connectivity index (χ3v) is 3.17. The second kappa shape index (κ2) is 4.11. The van der Waals surface area contributed by atoms with Crippen LogP contribution >= 0.6 is 0 Å². The Hall–Kier alpha value is -2.42. The highest BCUT2D eigenvalue weighted by Gasteiger charge is 2.08. The zero-order chi connectivity index (χ0) is 12.5. The van der Waals surface area contributed by atoms with E-state index in [1.165, 1.54) is 11.1 Å². The van der Waals surface area contributed by atoms with E-state index < -0.39 is 0 Å². The lowest BCUT2D eigenvalue weighted by molar-refractivity contribution is 0.112. The van der Waals surface area contributed by atoms with Gasteiger partial charge in [-0.25, -0.2) is 0 Å². The Morgan fingerprint density at radius 2 is 1.89 bits per heavy atom. The van der Waals surface area contributed by atoms with Crippen LogP contribution in [-0.2, 0) is 0 Å². The molecule has 3 nitrogen and oxygen atoms in total. The highest BCUT2D eigenvalue weighted by molar-refractivity contribution is 5.96. The maximum Gasteiger partial charge on any atom is 0.150 e. The fraction of sp³-hybridized carbons (Fsp3) is 0.0667. The van der Waals surface area contributed by atoms with Crippen LogP contribution in [0.4, 0.5) is 0 Å². The van der Waals surface area contributed by atoms with Crippen molar-refractivity contribution in [3.63, 3.8) is 0 Å². The molecule has 0 amide bonds. The molecule has 0 saturated heterocycles. The quantitative estimate of drug-likeness (QED) is 0.693. The number of carbonyl (C=O) groups is 1. The summed E-state index contributed by atoms with van der Waals surface area (Å²) in [4.78, 5) is 10.7. The first-order valence-electron chi connectivity index (χ1n) is 5.78. The Balaban J connectivity index is 2.26. The fourth-order valence-electron chi connectivity index (χ4n) is 2.24. The van der Waals surface area contributed by atoms with Gasteiger partial charge in [0, 0.05) is 10.9 Å². The maximum absolute atomic E-state index is 10.7. The molecule has 0 aliphatic carbocycles. The zero-order valence-electron chi connectivity index (χ0n) is 9.97. The van der Waals surface area contributed by atoms with Gasteiger partial charge in [-0.1, -0.05) is 30.3 Å². The standard InChI is InChI=1S/C15H12N2O/c1-10-2-7-14-13(8-16-17-14)15(10)12-5-3-11(9-18)4-6-12/h2-9H,1H3,(H,16,17). The summed E-state index contributed by atoms with van der Waals surface area (Å²) in [6.45, 7) is 2.08. The largest absolute Gasteiger partial charge is 0.298 e. The smallest absolute Gasteiger partial charge is 0.150 e. The average molecular weight is 236 g/mol. The molecule has 0 bridgehead atoms. The molecule has 0 spiro atoms. The number of rotatable bonds is 2. The minimum Gasteiger partial charge on any atom is -0.298 e. The van der Waals surface area contributed by atoms with E-state index in [9.17, 15) is 4.79 Å². The first-order valence-corrected chi connectivity index (χ1v) is 5.78. The molecule has 0 atom stereocenters. The molecule has 1 N–H and O–H groups in total. The Kier molecular flexibility index (Phi) is 2.45. The molecule has 0 radical (unpaired) electrons. The first-order chi connectivity index (χ1) is 8.79. The normalized spacial score (nSPS) is 10.7. The number of benzene rings is 2. The second-order valence-corrected chi connectivity index (χ2v) is 4.33. The van der Waals surface area contributed by atoms with Crippen molar-refractivity contribution in [1.29, 1.82) is 0 Å². The molecule has 0 saturated carbocycles. The van der Waals surface area contributed by atoms with E-state index in [0.717, 1.165) is 22.8 Å². The Labute approximate surface area is 104 Å². The van der Waals surface area contributed by atoms with Crippen LogP contribution in [0.1, 0.15) is 15.9 Å². The summed E-state index contributed by atoms with van der Waals surface area (Å²) in [6, 6.07) is 11.7. The van der Waals surface area contributed by atoms with Gasteiger partial charge in [-0.15, -0.1) is 0 Å². The second-order valence-electron chi connectivity index (χ2n) is 4.33. The summed E-state index contributed by atoms with van der Waals surface area (Å²) < 4.78 is 0. The number of aromatic amines is 1. The number of fused-ring (bicyclic) bond motifs is 1. The molecule has 0 aliphatic heterocycles. The molecule has 2 aromatic carbocycles. The summed E-state index contributed by atoms with van der Waals surface area (Å²) in [5.74, 6) is 0. The van der Waals surface area contributed by atoms with Crippen LogP contribution in [0.5, 0.6) is 0 Å². The Morgan fingerprint density at radius 1 is 1.11 bits per heavy atom. The van der Waals surface area contributed by atoms with Crippen LogP contribution in [-0.4, -0.2) is 16.5 Å². The van der Waals surface area contributed by atoms with Crippen molar-refractivity contribution in [2.75, 3.05) is 0 Å². The zero-order valence-corrected chi connectivity index (χ0v) is 9.97. The van der Waals surface area contributed by atoms with Crippen LogP contribution in [0.3, 0.4) is 0 Å². The molecule has 3 heteroatoms. The van der Waals surface area contributed by atoms with Gasteiger partial charge in [0.2, 0.25) is 0 Å². The summed E-state index contributed by atoms with van der Waals surface area (Å²) in [5.41, 5.74) is 5.18. The summed E-state index contributed by atoms with van der Waals surface area (Å²) in [5, 5.41) is 8.16. The third-order valence-electron chi connectivity index (χ3n) is 3.17. The highest BCUT2D eigenvalue weighted by Crippen LogP contribution is 2.30. The molecular weight excluding hydrogens is 224 g/mol. The van der Waals surface area contributed by atoms with E-state index in [1.54, 1.807) is 0 Å². The lowest BCUT2D eigenvalue weighted by Crippen LogP contribution is -1.86. The Bertz CT molecular complexity index is 711. The van der Waals surface area contributed by atoms with Gasteiger partial charge >= 0.3 is 0 Å². The molecule has 88 valence electrons. The van der Waals surface area contributed by atoms with Crippen molar-refractivity contribution in [3.05, 3.63) is 53.7 Å². The van der Waals surface area contributed by atoms with Gasteiger partial charge in [0.25, 0.3) is 0 Å². The van der Waals surface area contributed by atoms with Crippen LogP contribution in [0.25, 0.3) is 22.0 Å². The number of hydrogen-bond acceptors (Lipinski definition) is 2. The summed E-state index contributed by atoms with van der Waals surface area (Å²) >= 11 is 0. The average Bonchev–Trinajstić information content (AvgIpc) is 2.87. The minimum absolute atomic E-state index is 0.691. The summed E-state index contributed by atoms with van der Waals surface area (Å²) in [7, 11) is 0. The number of H-pyrrole nitrogens is 1. The molecule has 0 aliphatic rings. The predicted molar refractivity (Wildman–Crippen MR) is 71.7 cm³/mol. The number of carbonyl (C=O) groups excluding carboxylic acids is 1. The molecular formula is C15H12N2O. The van der Waals surface area contributed by atoms with Gasteiger partial charge in [-0.05, 0) is 29.7 Å². The number of aldehydes is 1. The molecule has 0 unspecified atom stereocenters. The van der Waals surface area contributed by atoms with Gasteiger partial charge in [0.15, 0.2) is 0 Å². The van der Waals surface area contributed by atoms with E-state index in [0.29, 0.717) is 5.56 Å². The molecule has 1 heterocycles. The number of aromatic nitrogens is 2. The molecule has 1 aromatic heterocycles. The van der Waals surface area contributed by atoms with E-state index in [1.807, 2.05) is 36.5 Å². The van der Waals surface area contributed by atoms with Crippen molar-refractivity contribution in [3.8, 4) is 11.1 Å². The van der Waals surface area contributed by atoms with Crippen molar-refractivity contribution in [2.45, 2.75) is 6.92 Å². The fourth-order valence-corrected chi connectivity index (χ4v) is 2.24. The predicted octanol–water partition coefficient (Wildman–Crippen LogP) is 3.35. The van der Waals surface area contributed by atoms with Crippen LogP contribution in [0.15, 0.2) is 42.6 Å². The van der Waals surface area contributed by atoms with E-state index in [2.05, 4.69) is 23.2 Å². The number of nitrogens with one attached hydrogen (secondary N) is 1. The monoisotopic (exact) mass is 236 g/mol. The van der Waals surface area contributed by atoms with Crippen molar-refractivity contribution in [2.24, 2.45) is 0 Å². The van der Waals surface area contributed by atoms with Gasteiger partial charge in [0.1, 0.15) is 6.29 Å². The van der Waals surface area contributed by atoms with Crippen molar-refractivity contribution < 1.29 is 4.79 Å². The SMILES string of the molecule is Cc1ccc2[nH]ncc2c1-c1ccc(C=O)cc1. The van der Waals surface area contributed by atoms with Gasteiger partial charge < -0.3 is 0 Å². The lowest BCUT2D eigenvalue weighted by Gasteiger charge is -2.07. The van der Waals surface area contributed by atoms with Crippen molar-refractivity contribution in [1.82, 2.24) is 10.2 Å². The van der Waals surface area contributed by atoms with Crippen molar-refractivity contribution >= 4 is 17.2 Å². The molecule has 3 rings (SSSR count). The summed E-state index contributed by atoms with van der Waals surface area (Å²) in [6.07, 6.45) is 2.69. The van der Waals surface area contributed by atoms with Gasteiger partial charge in [-0.3, -0.25) is 9.89 Å². The third kappa shape index (κ3) is 1.61. The molecule has 0 fully saturated rings. The molecule has 18 heavy (non-hydrogen) atoms. The van der Waals surface area contributed by atoms with Crippen LogP contribution in [0, 0.1) is 6.92 Å². The molecule has 3 aromatic rings. The topological polar surface area (TPSA) is 45.8 Å². The van der Waals surface area contributed by atoms with E-state index in [4.69, 9.17) is 0 Å². The number of aryl methyl sites for hydroxylation is 1. The van der Waals surface area contributed by atoms with E-state index in [-0.39, 0.29) is 0 Å². The van der Waals surface area contributed by atoms with Gasteiger partial charge in [0.05, 0.1) is 11.7 Å². The number of hydrogen-bond donors (Lipinski definition) is 1. The highest BCUT2D eigenvalue weighted by atomic mass is 16.1. The maximum atomic E-state index is 10.7. The lowest BCUT2D eigenvalue weighted by atomic mass is 9.96. The Morgan fingerprint density at radius 3 is 2.61 bits per heavy atom. The van der Waals surface area contributed by atoms with Crippen LogP contribution < -0.4 is 0 Å².